The second kappa shape index (κ2) is 20.0. The molecule has 2 heterocycles. The molecule has 5 aromatic rings. The largest absolute Gasteiger partial charge is 0.481 e. The van der Waals surface area contributed by atoms with Crippen molar-refractivity contribution in [2.24, 2.45) is 0 Å². The lowest BCUT2D eigenvalue weighted by Crippen LogP contribution is -2.61. The van der Waals surface area contributed by atoms with E-state index in [1.54, 1.807) is 0 Å². The first-order valence-corrected chi connectivity index (χ1v) is 23.8. The molecule has 0 spiro atoms. The molecular weight excluding hydrogens is 775 g/mol. The zero-order valence-corrected chi connectivity index (χ0v) is 38.8. The monoisotopic (exact) mass is 845 g/mol. The van der Waals surface area contributed by atoms with Gasteiger partial charge in [0.2, 0.25) is 0 Å². The number of benzene rings is 5. The van der Waals surface area contributed by atoms with E-state index in [4.69, 9.17) is 10.2 Å². The molecule has 0 aromatic heterocycles. The van der Waals surface area contributed by atoms with Gasteiger partial charge in [0.05, 0.1) is 0 Å². The number of para-hydroxylation sites is 1. The van der Waals surface area contributed by atoms with Crippen molar-refractivity contribution in [1.82, 2.24) is 0 Å². The predicted molar refractivity (Wildman–Crippen MR) is 265 cm³/mol. The first-order valence-electron chi connectivity index (χ1n) is 23.8. The van der Waals surface area contributed by atoms with Gasteiger partial charge in [-0.25, -0.2) is 0 Å². The SMILES string of the molecule is CC(C)(C)c1ccc(N2c3ccccc3B3c4ccc(CCCCCCCCC(=O)O)cc4N(c4ccc(C(C)(C)C)cc4)c4cc(CCCCCCCCC(=O)O)cc2c43)cc1. The van der Waals surface area contributed by atoms with Crippen molar-refractivity contribution in [3.63, 3.8) is 0 Å². The van der Waals surface area contributed by atoms with E-state index in [2.05, 4.69) is 154 Å². The van der Waals surface area contributed by atoms with Crippen LogP contribution >= 0.6 is 0 Å². The van der Waals surface area contributed by atoms with Crippen LogP contribution in [0.5, 0.6) is 0 Å². The highest BCUT2D eigenvalue weighted by molar-refractivity contribution is 7.00. The fourth-order valence-electron chi connectivity index (χ4n) is 9.75. The molecule has 5 aromatic carbocycles. The number of nitrogens with zero attached hydrogens (tertiary/aromatic N) is 2. The molecule has 0 aliphatic carbocycles. The fourth-order valence-corrected chi connectivity index (χ4v) is 9.75. The van der Waals surface area contributed by atoms with E-state index in [9.17, 15) is 9.59 Å². The molecule has 2 aliphatic heterocycles. The van der Waals surface area contributed by atoms with Gasteiger partial charge in [-0.15, -0.1) is 0 Å². The highest BCUT2D eigenvalue weighted by Crippen LogP contribution is 2.45. The molecule has 7 heteroatoms. The van der Waals surface area contributed by atoms with E-state index >= 15 is 0 Å². The summed E-state index contributed by atoms with van der Waals surface area (Å²) in [6.07, 6.45) is 14.8. The second-order valence-electron chi connectivity index (χ2n) is 20.2. The van der Waals surface area contributed by atoms with E-state index < -0.39 is 11.9 Å². The molecule has 0 atom stereocenters. The van der Waals surface area contributed by atoms with Crippen molar-refractivity contribution in [3.8, 4) is 0 Å². The summed E-state index contributed by atoms with van der Waals surface area (Å²) in [6, 6.07) is 39.8. The number of aliphatic carboxylic acids is 2. The van der Waals surface area contributed by atoms with E-state index in [0.29, 0.717) is 0 Å². The van der Waals surface area contributed by atoms with Crippen LogP contribution in [0, 0.1) is 0 Å². The van der Waals surface area contributed by atoms with Gasteiger partial charge in [0.15, 0.2) is 0 Å². The van der Waals surface area contributed by atoms with Gasteiger partial charge < -0.3 is 20.0 Å². The first kappa shape index (κ1) is 45.7. The molecule has 6 nitrogen and oxygen atoms in total. The molecular formula is C56H69BN2O4. The summed E-state index contributed by atoms with van der Waals surface area (Å²) >= 11 is 0. The smallest absolute Gasteiger partial charge is 0.303 e. The summed E-state index contributed by atoms with van der Waals surface area (Å²) in [5.74, 6) is -1.40. The molecule has 7 rings (SSSR count). The minimum absolute atomic E-state index is 0.0367. The normalized spacial score (nSPS) is 13.1. The van der Waals surface area contributed by atoms with Gasteiger partial charge >= 0.3 is 11.9 Å². The van der Waals surface area contributed by atoms with Gasteiger partial charge in [0, 0.05) is 47.0 Å². The zero-order chi connectivity index (χ0) is 44.7. The summed E-state index contributed by atoms with van der Waals surface area (Å²) in [5, 5.41) is 18.1. The van der Waals surface area contributed by atoms with Crippen molar-refractivity contribution >= 4 is 69.2 Å². The minimum Gasteiger partial charge on any atom is -0.481 e. The Kier molecular flexibility index (Phi) is 14.5. The van der Waals surface area contributed by atoms with E-state index in [1.807, 2.05) is 0 Å². The average molecular weight is 845 g/mol. The van der Waals surface area contributed by atoms with Crippen LogP contribution in [-0.2, 0) is 33.3 Å². The van der Waals surface area contributed by atoms with E-state index in [0.717, 1.165) is 89.9 Å². The number of rotatable bonds is 20. The predicted octanol–water partition coefficient (Wildman–Crippen LogP) is 13.1. The van der Waals surface area contributed by atoms with Crippen molar-refractivity contribution in [1.29, 1.82) is 0 Å². The Labute approximate surface area is 377 Å². The number of carboxylic acids is 2. The zero-order valence-electron chi connectivity index (χ0n) is 38.8. The Balaban J connectivity index is 1.31. The van der Waals surface area contributed by atoms with Gasteiger partial charge in [-0.05, 0) is 137 Å². The summed E-state index contributed by atoms with van der Waals surface area (Å²) in [6.45, 7) is 13.7. The van der Waals surface area contributed by atoms with Gasteiger partial charge in [0.25, 0.3) is 6.71 Å². The molecule has 63 heavy (non-hydrogen) atoms. The number of unbranched alkanes of at least 4 members (excludes halogenated alkanes) is 10. The lowest BCUT2D eigenvalue weighted by molar-refractivity contribution is -0.138. The molecule has 0 saturated carbocycles. The van der Waals surface area contributed by atoms with E-state index in [1.165, 1.54) is 72.8 Å². The number of hydrogen-bond donors (Lipinski definition) is 2. The third kappa shape index (κ3) is 10.9. The molecule has 0 unspecified atom stereocenters. The molecule has 2 aliphatic rings. The van der Waals surface area contributed by atoms with Crippen LogP contribution in [0.25, 0.3) is 0 Å². The molecule has 2 N–H and O–H groups in total. The summed E-state index contributed by atoms with van der Waals surface area (Å²) in [7, 11) is 0. The molecule has 0 bridgehead atoms. The molecule has 0 saturated heterocycles. The number of carbonyl (C=O) groups is 2. The Morgan fingerprint density at radius 1 is 0.460 bits per heavy atom. The Morgan fingerprint density at radius 3 is 1.37 bits per heavy atom. The maximum Gasteiger partial charge on any atom is 0.303 e. The third-order valence-corrected chi connectivity index (χ3v) is 13.3. The molecule has 0 radical (unpaired) electrons. The Morgan fingerprint density at radius 2 is 0.873 bits per heavy atom. The van der Waals surface area contributed by atoms with Gasteiger partial charge in [0.1, 0.15) is 0 Å². The lowest BCUT2D eigenvalue weighted by Gasteiger charge is -2.44. The number of anilines is 6. The Hall–Kier alpha value is -5.30. The summed E-state index contributed by atoms with van der Waals surface area (Å²) in [4.78, 5) is 27.1. The van der Waals surface area contributed by atoms with Crippen molar-refractivity contribution in [2.75, 3.05) is 9.80 Å². The topological polar surface area (TPSA) is 81.1 Å². The quantitative estimate of drug-likeness (QED) is 0.0588. The van der Waals surface area contributed by atoms with Crippen LogP contribution in [0.3, 0.4) is 0 Å². The molecule has 0 amide bonds. The number of aryl methyl sites for hydroxylation is 2. The average Bonchev–Trinajstić information content (AvgIpc) is 3.24. The number of hydrogen-bond acceptors (Lipinski definition) is 4. The van der Waals surface area contributed by atoms with Gasteiger partial charge in [-0.2, -0.15) is 0 Å². The maximum absolute atomic E-state index is 11.0. The Bertz CT molecular complexity index is 2360. The lowest BCUT2D eigenvalue weighted by atomic mass is 9.33. The molecule has 330 valence electrons. The third-order valence-electron chi connectivity index (χ3n) is 13.3. The highest BCUT2D eigenvalue weighted by Gasteiger charge is 2.43. The molecule has 0 fully saturated rings. The highest BCUT2D eigenvalue weighted by atomic mass is 16.4. The van der Waals surface area contributed by atoms with Crippen LogP contribution in [-0.4, -0.2) is 28.9 Å². The number of carboxylic acid groups (broad SMARTS) is 2. The van der Waals surface area contributed by atoms with Crippen molar-refractivity contribution in [3.05, 3.63) is 125 Å². The van der Waals surface area contributed by atoms with Crippen LogP contribution < -0.4 is 26.2 Å². The standard InChI is InChI=1S/C56H69BN2O4/c1-55(2,3)42-28-32-44(33-29-42)58-48-24-20-19-23-46(48)57-47-36-27-40(21-15-11-7-9-13-17-25-52(60)61)37-49(47)59(45-34-30-43(31-35-45)56(4,5)6)51-39-41(38-50(58)54(51)57)22-16-12-8-10-14-18-26-53(62)63/h19-20,23-24,27-39H,7-18,21-22,25-26H2,1-6H3,(H,60,61)(H,62,63). The summed E-state index contributed by atoms with van der Waals surface area (Å²) in [5.41, 5.74) is 16.7. The van der Waals surface area contributed by atoms with Crippen LogP contribution in [0.1, 0.15) is 154 Å². The fraction of sp³-hybridized carbons (Fsp3) is 0.429. The second-order valence-corrected chi connectivity index (χ2v) is 20.2. The minimum atomic E-state index is -0.702. The van der Waals surface area contributed by atoms with Crippen LogP contribution in [0.4, 0.5) is 34.1 Å². The maximum atomic E-state index is 11.0. The number of fused-ring (bicyclic) bond motifs is 4. The van der Waals surface area contributed by atoms with Crippen molar-refractivity contribution in [2.45, 2.75) is 155 Å². The van der Waals surface area contributed by atoms with Crippen LogP contribution in [0.2, 0.25) is 0 Å². The van der Waals surface area contributed by atoms with Gasteiger partial charge in [-0.1, -0.05) is 148 Å². The van der Waals surface area contributed by atoms with E-state index in [-0.39, 0.29) is 30.4 Å². The first-order chi connectivity index (χ1) is 30.2. The van der Waals surface area contributed by atoms with Crippen molar-refractivity contribution < 1.29 is 19.8 Å². The summed E-state index contributed by atoms with van der Waals surface area (Å²) < 4.78 is 0. The van der Waals surface area contributed by atoms with Gasteiger partial charge in [-0.3, -0.25) is 9.59 Å². The van der Waals surface area contributed by atoms with Crippen LogP contribution in [0.15, 0.2) is 103 Å².